The van der Waals surface area contributed by atoms with Crippen LogP contribution in [0.4, 0.5) is 0 Å². The maximum Gasteiger partial charge on any atom is 0.243 e. The van der Waals surface area contributed by atoms with Crippen molar-refractivity contribution in [2.24, 2.45) is 5.41 Å². The third kappa shape index (κ3) is 4.00. The van der Waals surface area contributed by atoms with E-state index in [2.05, 4.69) is 32.3 Å². The van der Waals surface area contributed by atoms with Crippen molar-refractivity contribution in [3.63, 3.8) is 0 Å². The second-order valence-corrected chi connectivity index (χ2v) is 11.8. The van der Waals surface area contributed by atoms with Crippen molar-refractivity contribution in [2.45, 2.75) is 77.7 Å². The molecule has 4 rings (SSSR count). The third-order valence-electron chi connectivity index (χ3n) is 6.79. The number of rotatable bonds is 6. The fourth-order valence-electron chi connectivity index (χ4n) is 5.31. The van der Waals surface area contributed by atoms with Crippen molar-refractivity contribution >= 4 is 15.8 Å². The van der Waals surface area contributed by atoms with E-state index in [1.54, 1.807) is 16.4 Å². The van der Waals surface area contributed by atoms with E-state index >= 15 is 0 Å². The Bertz CT molecular complexity index is 1110. The lowest BCUT2D eigenvalue weighted by Gasteiger charge is -2.30. The average Bonchev–Trinajstić information content (AvgIpc) is 3.32. The number of nitrogens with zero attached hydrogens (tertiary/aromatic N) is 2. The van der Waals surface area contributed by atoms with E-state index in [1.807, 2.05) is 12.1 Å². The van der Waals surface area contributed by atoms with Crippen LogP contribution in [0.5, 0.6) is 0 Å². The molecule has 1 aromatic carbocycles. The molecule has 0 radical (unpaired) electrons. The Hall–Kier alpha value is -1.92. The minimum absolute atomic E-state index is 0.0470. The van der Waals surface area contributed by atoms with Crippen molar-refractivity contribution in [1.29, 1.82) is 0 Å². The quantitative estimate of drug-likeness (QED) is 0.649. The summed E-state index contributed by atoms with van der Waals surface area (Å²) in [7, 11) is -3.52. The molecule has 0 bridgehead atoms. The summed E-state index contributed by atoms with van der Waals surface area (Å²) in [5.41, 5.74) is 4.83. The Balaban J connectivity index is 1.81. The second-order valence-electron chi connectivity index (χ2n) is 9.87. The van der Waals surface area contributed by atoms with E-state index in [9.17, 15) is 13.2 Å². The Morgan fingerprint density at radius 2 is 1.74 bits per heavy atom. The molecule has 0 amide bonds. The third-order valence-corrected chi connectivity index (χ3v) is 8.79. The minimum Gasteiger partial charge on any atom is -0.348 e. The molecular formula is C25H34N2O3S. The van der Waals surface area contributed by atoms with Gasteiger partial charge in [0.2, 0.25) is 10.0 Å². The summed E-state index contributed by atoms with van der Waals surface area (Å²) in [6.45, 7) is 10.6. The molecule has 31 heavy (non-hydrogen) atoms. The zero-order valence-corrected chi connectivity index (χ0v) is 20.0. The Morgan fingerprint density at radius 1 is 1.06 bits per heavy atom. The van der Waals surface area contributed by atoms with Crippen molar-refractivity contribution in [3.8, 4) is 0 Å². The van der Waals surface area contributed by atoms with E-state index < -0.39 is 10.0 Å². The molecule has 0 spiro atoms. The summed E-state index contributed by atoms with van der Waals surface area (Å²) in [4.78, 5) is 13.6. The van der Waals surface area contributed by atoms with Crippen LogP contribution in [0.1, 0.15) is 79.3 Å². The van der Waals surface area contributed by atoms with Gasteiger partial charge >= 0.3 is 0 Å². The summed E-state index contributed by atoms with van der Waals surface area (Å²) in [5.74, 6) is 0.194. The number of carbonyl (C=O) groups is 1. The number of carbonyl (C=O) groups excluding carboxylic acids is 1. The molecule has 1 fully saturated rings. The van der Waals surface area contributed by atoms with Crippen molar-refractivity contribution in [3.05, 3.63) is 52.3 Å². The second kappa shape index (κ2) is 8.21. The average molecular weight is 443 g/mol. The van der Waals surface area contributed by atoms with Crippen LogP contribution in [-0.4, -0.2) is 36.2 Å². The summed E-state index contributed by atoms with van der Waals surface area (Å²) in [6, 6.07) is 7.32. The van der Waals surface area contributed by atoms with Crippen LogP contribution in [0.2, 0.25) is 0 Å². The van der Waals surface area contributed by atoms with E-state index in [4.69, 9.17) is 0 Å². The molecule has 0 unspecified atom stereocenters. The zero-order valence-electron chi connectivity index (χ0n) is 19.2. The molecule has 6 heteroatoms. The van der Waals surface area contributed by atoms with E-state index in [0.717, 1.165) is 60.3 Å². The first kappa shape index (κ1) is 22.3. The number of hydrogen-bond acceptors (Lipinski definition) is 3. The molecule has 1 saturated heterocycles. The van der Waals surface area contributed by atoms with E-state index in [1.165, 1.54) is 0 Å². The molecule has 5 nitrogen and oxygen atoms in total. The fourth-order valence-corrected chi connectivity index (χ4v) is 7.05. The van der Waals surface area contributed by atoms with E-state index in [-0.39, 0.29) is 11.2 Å². The molecule has 1 aliphatic carbocycles. The standard InChI is InChI=1S/C25H34N2O3S/c1-5-12-27-18(2)20(24-21(27)16-25(3,4)17-22(24)28)15-19-10-6-7-11-23(19)31(29,30)26-13-8-9-14-26/h6-7,10-11H,5,8-9,12-17H2,1-4H3. The van der Waals surface area contributed by atoms with Crippen LogP contribution in [0.3, 0.4) is 0 Å². The summed E-state index contributed by atoms with van der Waals surface area (Å²) >= 11 is 0. The highest BCUT2D eigenvalue weighted by molar-refractivity contribution is 7.89. The monoisotopic (exact) mass is 442 g/mol. The normalized spacial score (nSPS) is 19.0. The number of hydrogen-bond donors (Lipinski definition) is 0. The molecule has 168 valence electrons. The lowest BCUT2D eigenvalue weighted by atomic mass is 9.75. The summed E-state index contributed by atoms with van der Waals surface area (Å²) in [6.07, 6.45) is 4.71. The van der Waals surface area contributed by atoms with Crippen LogP contribution >= 0.6 is 0 Å². The van der Waals surface area contributed by atoms with Gasteiger partial charge in [0.05, 0.1) is 4.90 Å². The van der Waals surface area contributed by atoms with Crippen LogP contribution in [0, 0.1) is 12.3 Å². The smallest absolute Gasteiger partial charge is 0.243 e. The summed E-state index contributed by atoms with van der Waals surface area (Å²) < 4.78 is 30.6. The lowest BCUT2D eigenvalue weighted by Crippen LogP contribution is -2.29. The predicted molar refractivity (Wildman–Crippen MR) is 123 cm³/mol. The van der Waals surface area contributed by atoms with Gasteiger partial charge in [0.25, 0.3) is 0 Å². The SMILES string of the molecule is CCCn1c(C)c(Cc2ccccc2S(=O)(=O)N2CCCC2)c2c1CC(C)(C)CC2=O. The number of benzene rings is 1. The first-order valence-electron chi connectivity index (χ1n) is 11.5. The fraction of sp³-hybridized carbons (Fsp3) is 0.560. The van der Waals surface area contributed by atoms with E-state index in [0.29, 0.717) is 30.8 Å². The highest BCUT2D eigenvalue weighted by Gasteiger charge is 2.37. The molecule has 0 saturated carbocycles. The number of aromatic nitrogens is 1. The lowest BCUT2D eigenvalue weighted by molar-refractivity contribution is 0.0909. The van der Waals surface area contributed by atoms with Crippen molar-refractivity contribution in [1.82, 2.24) is 8.87 Å². The molecule has 1 aliphatic heterocycles. The van der Waals surface area contributed by atoms with Gasteiger partial charge in [-0.05, 0) is 55.2 Å². The highest BCUT2D eigenvalue weighted by Crippen LogP contribution is 2.40. The Kier molecular flexibility index (Phi) is 5.90. The maximum atomic E-state index is 13.3. The Morgan fingerprint density at radius 3 is 2.42 bits per heavy atom. The Labute approximate surface area is 186 Å². The van der Waals surface area contributed by atoms with Gasteiger partial charge in [-0.25, -0.2) is 8.42 Å². The van der Waals surface area contributed by atoms with Gasteiger partial charge in [-0.15, -0.1) is 0 Å². The van der Waals surface area contributed by atoms with Crippen LogP contribution in [0.25, 0.3) is 0 Å². The molecule has 2 heterocycles. The van der Waals surface area contributed by atoms with Gasteiger partial charge in [0.15, 0.2) is 5.78 Å². The topological polar surface area (TPSA) is 59.4 Å². The van der Waals surface area contributed by atoms with Crippen LogP contribution < -0.4 is 0 Å². The first-order chi connectivity index (χ1) is 14.7. The minimum atomic E-state index is -3.52. The van der Waals surface area contributed by atoms with Crippen LogP contribution in [-0.2, 0) is 29.4 Å². The molecule has 2 aliphatic rings. The van der Waals surface area contributed by atoms with Gasteiger partial charge in [-0.3, -0.25) is 4.79 Å². The molecular weight excluding hydrogens is 408 g/mol. The van der Waals surface area contributed by atoms with Gasteiger partial charge in [0, 0.05) is 49.4 Å². The maximum absolute atomic E-state index is 13.3. The van der Waals surface area contributed by atoms with Crippen LogP contribution in [0.15, 0.2) is 29.2 Å². The number of fused-ring (bicyclic) bond motifs is 1. The molecule has 2 aromatic rings. The first-order valence-corrected chi connectivity index (χ1v) is 12.9. The molecule has 0 N–H and O–H groups in total. The number of ketones is 1. The highest BCUT2D eigenvalue weighted by atomic mass is 32.2. The number of Topliss-reactive ketones (excluding diaryl/α,β-unsaturated/α-hetero) is 1. The molecule has 1 aromatic heterocycles. The van der Waals surface area contributed by atoms with Crippen molar-refractivity contribution < 1.29 is 13.2 Å². The largest absolute Gasteiger partial charge is 0.348 e. The molecule has 0 atom stereocenters. The van der Waals surface area contributed by atoms with Gasteiger partial charge in [-0.2, -0.15) is 4.31 Å². The van der Waals surface area contributed by atoms with Gasteiger partial charge < -0.3 is 4.57 Å². The number of sulfonamides is 1. The van der Waals surface area contributed by atoms with Gasteiger partial charge in [0.1, 0.15) is 0 Å². The van der Waals surface area contributed by atoms with Gasteiger partial charge in [-0.1, -0.05) is 39.0 Å². The predicted octanol–water partition coefficient (Wildman–Crippen LogP) is 4.74. The van der Waals surface area contributed by atoms with Crippen molar-refractivity contribution in [2.75, 3.05) is 13.1 Å². The summed E-state index contributed by atoms with van der Waals surface area (Å²) in [5, 5.41) is 0. The zero-order chi connectivity index (χ0) is 22.4.